The number of ketones is 1. The summed E-state index contributed by atoms with van der Waals surface area (Å²) in [6, 6.07) is -1.03. The van der Waals surface area contributed by atoms with Gasteiger partial charge in [-0.1, -0.05) is 24.6 Å². The topological polar surface area (TPSA) is 137 Å². The van der Waals surface area contributed by atoms with Crippen molar-refractivity contribution >= 4 is 23.4 Å². The molecule has 4 fully saturated rings. The van der Waals surface area contributed by atoms with Crippen molar-refractivity contribution in [2.45, 2.75) is 96.3 Å². The van der Waals surface area contributed by atoms with E-state index in [-0.39, 0.29) is 36.2 Å². The molecule has 1 saturated heterocycles. The molecule has 9 nitrogen and oxygen atoms in total. The lowest BCUT2D eigenvalue weighted by molar-refractivity contribution is -0.159. The van der Waals surface area contributed by atoms with Gasteiger partial charge in [0.25, 0.3) is 5.91 Å². The lowest BCUT2D eigenvalue weighted by Crippen LogP contribution is -2.57. The van der Waals surface area contributed by atoms with E-state index < -0.39 is 29.6 Å². The second kappa shape index (κ2) is 9.19. The van der Waals surface area contributed by atoms with Crippen molar-refractivity contribution < 1.29 is 34.5 Å². The Kier molecular flexibility index (Phi) is 6.54. The summed E-state index contributed by atoms with van der Waals surface area (Å²) in [6.45, 7) is 5.67. The van der Waals surface area contributed by atoms with Gasteiger partial charge in [0.1, 0.15) is 11.6 Å². The first-order chi connectivity index (χ1) is 17.4. The number of carboxylic acid groups (broad SMARTS) is 1. The quantitative estimate of drug-likeness (QED) is 0.478. The fourth-order valence-electron chi connectivity index (χ4n) is 8.81. The highest BCUT2D eigenvalue weighted by molar-refractivity contribution is 5.96. The van der Waals surface area contributed by atoms with Crippen molar-refractivity contribution in [3.8, 4) is 0 Å². The minimum Gasteiger partial charge on any atom is -0.480 e. The summed E-state index contributed by atoms with van der Waals surface area (Å²) in [5, 5.41) is 34.6. The van der Waals surface area contributed by atoms with Crippen LogP contribution < -0.4 is 0 Å². The van der Waals surface area contributed by atoms with Crippen LogP contribution in [0.25, 0.3) is 0 Å². The summed E-state index contributed by atoms with van der Waals surface area (Å²) < 4.78 is 0. The number of Topliss-reactive ketones (excluding diaryl/α,β-unsaturated/α-hetero) is 1. The summed E-state index contributed by atoms with van der Waals surface area (Å²) in [7, 11) is 0. The first-order valence-electron chi connectivity index (χ1n) is 13.7. The molecule has 1 heterocycles. The van der Waals surface area contributed by atoms with E-state index in [0.29, 0.717) is 24.2 Å². The molecule has 9 heteroatoms. The standard InChI is InChI=1S/C28H40N2O7/c1-16(31)28(36)11-8-22-20-5-4-17-12-18(6-9-26(17,2)21(20)7-10-27(22,28)3)29-37-15-24(33)30-14-19(32)13-23(30)25(34)35/h12,19-23,32,36H,4-11,13-15H2,1-3H3,(H,34,35)/b29-18-/t19-,20+,21-,22-,23+,26-,27-,28-/m0/s1. The van der Waals surface area contributed by atoms with Crippen molar-refractivity contribution in [3.05, 3.63) is 11.6 Å². The summed E-state index contributed by atoms with van der Waals surface area (Å²) in [5.74, 6) is -0.334. The van der Waals surface area contributed by atoms with Crippen LogP contribution in [0.3, 0.4) is 0 Å². The van der Waals surface area contributed by atoms with Gasteiger partial charge in [-0.05, 0) is 87.5 Å². The molecule has 3 N–H and O–H groups in total. The Labute approximate surface area is 217 Å². The van der Waals surface area contributed by atoms with Gasteiger partial charge in [-0.15, -0.1) is 0 Å². The fraction of sp³-hybridized carbons (Fsp3) is 0.786. The van der Waals surface area contributed by atoms with Crippen LogP contribution in [0, 0.1) is 28.6 Å². The third-order valence-electron chi connectivity index (χ3n) is 11.0. The zero-order chi connectivity index (χ0) is 26.8. The molecule has 1 aliphatic heterocycles. The highest BCUT2D eigenvalue weighted by Gasteiger charge is 2.65. The number of carbonyl (C=O) groups is 3. The maximum Gasteiger partial charge on any atom is 0.326 e. The van der Waals surface area contributed by atoms with Gasteiger partial charge < -0.3 is 25.1 Å². The van der Waals surface area contributed by atoms with Crippen LogP contribution in [0.15, 0.2) is 16.8 Å². The molecular formula is C28H40N2O7. The predicted molar refractivity (Wildman–Crippen MR) is 134 cm³/mol. The first-order valence-corrected chi connectivity index (χ1v) is 13.7. The predicted octanol–water partition coefficient (Wildman–Crippen LogP) is 2.69. The van der Waals surface area contributed by atoms with E-state index in [1.54, 1.807) is 6.92 Å². The second-order valence-corrected chi connectivity index (χ2v) is 12.6. The monoisotopic (exact) mass is 516 g/mol. The van der Waals surface area contributed by atoms with E-state index in [0.717, 1.165) is 55.6 Å². The number of carboxylic acids is 1. The van der Waals surface area contributed by atoms with E-state index >= 15 is 0 Å². The Morgan fingerprint density at radius 1 is 1.11 bits per heavy atom. The first kappa shape index (κ1) is 26.4. The van der Waals surface area contributed by atoms with Gasteiger partial charge in [0.05, 0.1) is 11.8 Å². The van der Waals surface area contributed by atoms with E-state index in [1.807, 2.05) is 0 Å². The number of fused-ring (bicyclic) bond motifs is 5. The van der Waals surface area contributed by atoms with Crippen molar-refractivity contribution in [1.82, 2.24) is 4.90 Å². The number of hydrogen-bond acceptors (Lipinski definition) is 7. The molecule has 204 valence electrons. The molecule has 8 atom stereocenters. The summed E-state index contributed by atoms with van der Waals surface area (Å²) in [6.07, 6.45) is 8.33. The van der Waals surface area contributed by atoms with Crippen LogP contribution in [-0.2, 0) is 19.2 Å². The Balaban J connectivity index is 1.26. The van der Waals surface area contributed by atoms with Crippen molar-refractivity contribution in [2.24, 2.45) is 33.7 Å². The average Bonchev–Trinajstić information content (AvgIpc) is 3.37. The highest BCUT2D eigenvalue weighted by atomic mass is 16.6. The van der Waals surface area contributed by atoms with Gasteiger partial charge in [-0.3, -0.25) is 9.59 Å². The summed E-state index contributed by atoms with van der Waals surface area (Å²) in [4.78, 5) is 42.8. The molecule has 0 unspecified atom stereocenters. The van der Waals surface area contributed by atoms with E-state index in [9.17, 15) is 29.7 Å². The molecular weight excluding hydrogens is 476 g/mol. The van der Waals surface area contributed by atoms with Crippen molar-refractivity contribution in [3.63, 3.8) is 0 Å². The van der Waals surface area contributed by atoms with Crippen LogP contribution in [0.1, 0.15) is 78.6 Å². The maximum absolute atomic E-state index is 12.5. The molecule has 0 aromatic heterocycles. The number of aliphatic carboxylic acids is 1. The molecule has 4 aliphatic carbocycles. The number of hydrogen-bond donors (Lipinski definition) is 3. The van der Waals surface area contributed by atoms with Crippen LogP contribution in [-0.4, -0.2) is 74.5 Å². The Bertz CT molecular complexity index is 1060. The number of β-amino-alcohol motifs (C(OH)–C–C–N with tert-alkyl or cyclic N) is 1. The summed E-state index contributed by atoms with van der Waals surface area (Å²) >= 11 is 0. The third kappa shape index (κ3) is 4.04. The van der Waals surface area contributed by atoms with Crippen LogP contribution >= 0.6 is 0 Å². The number of amides is 1. The molecule has 0 radical (unpaired) electrons. The van der Waals surface area contributed by atoms with Gasteiger partial charge in [0, 0.05) is 18.4 Å². The van der Waals surface area contributed by atoms with E-state index in [4.69, 9.17) is 4.84 Å². The fourth-order valence-corrected chi connectivity index (χ4v) is 8.81. The number of likely N-dealkylation sites (tertiary alicyclic amines) is 1. The minimum atomic E-state index is -1.20. The molecule has 5 aliphatic rings. The van der Waals surface area contributed by atoms with Gasteiger partial charge in [-0.2, -0.15) is 0 Å². The Morgan fingerprint density at radius 3 is 2.54 bits per heavy atom. The normalized spacial score (nSPS) is 44.0. The highest BCUT2D eigenvalue weighted by Crippen LogP contribution is 2.67. The number of allylic oxidation sites excluding steroid dienone is 2. The zero-order valence-corrected chi connectivity index (χ0v) is 22.1. The number of aliphatic hydroxyl groups excluding tert-OH is 1. The van der Waals surface area contributed by atoms with Crippen LogP contribution in [0.5, 0.6) is 0 Å². The molecule has 1 amide bonds. The number of oxime groups is 1. The maximum atomic E-state index is 12.5. The second-order valence-electron chi connectivity index (χ2n) is 12.6. The van der Waals surface area contributed by atoms with Crippen LogP contribution in [0.4, 0.5) is 0 Å². The lowest BCUT2D eigenvalue weighted by atomic mass is 9.46. The number of aliphatic hydroxyl groups is 2. The Hall–Kier alpha value is -2.26. The van der Waals surface area contributed by atoms with Crippen molar-refractivity contribution in [1.29, 1.82) is 0 Å². The SMILES string of the molecule is CC(=O)[C@@]1(O)CC[C@H]2[C@@H]3CCC4=C/C(=N\OCC(=O)N5C[C@@H](O)C[C@@H]5C(=O)O)CC[C@]4(C)[C@H]3CC[C@@]21C. The molecule has 3 saturated carbocycles. The van der Waals surface area contributed by atoms with E-state index in [2.05, 4.69) is 25.1 Å². The van der Waals surface area contributed by atoms with Crippen LogP contribution in [0.2, 0.25) is 0 Å². The largest absolute Gasteiger partial charge is 0.480 e. The molecule has 5 rings (SSSR count). The number of nitrogens with zero attached hydrogens (tertiary/aromatic N) is 2. The molecule has 37 heavy (non-hydrogen) atoms. The lowest BCUT2D eigenvalue weighted by Gasteiger charge is -2.59. The molecule has 0 aromatic carbocycles. The van der Waals surface area contributed by atoms with Gasteiger partial charge in [-0.25, -0.2) is 4.79 Å². The van der Waals surface area contributed by atoms with Gasteiger partial charge >= 0.3 is 5.97 Å². The number of carbonyl (C=O) groups excluding carboxylic acids is 2. The third-order valence-corrected chi connectivity index (χ3v) is 11.0. The van der Waals surface area contributed by atoms with Gasteiger partial charge in [0.15, 0.2) is 12.4 Å². The summed E-state index contributed by atoms with van der Waals surface area (Å²) in [5.41, 5.74) is 0.673. The van der Waals surface area contributed by atoms with Gasteiger partial charge in [0.2, 0.25) is 0 Å². The molecule has 0 spiro atoms. The average molecular weight is 517 g/mol. The number of rotatable bonds is 5. The zero-order valence-electron chi connectivity index (χ0n) is 22.1. The Morgan fingerprint density at radius 2 is 1.84 bits per heavy atom. The molecule has 0 bridgehead atoms. The molecule has 0 aromatic rings. The van der Waals surface area contributed by atoms with Crippen molar-refractivity contribution in [2.75, 3.05) is 13.2 Å². The van der Waals surface area contributed by atoms with E-state index in [1.165, 1.54) is 5.57 Å². The smallest absolute Gasteiger partial charge is 0.326 e. The minimum absolute atomic E-state index is 0.00938.